The maximum absolute atomic E-state index is 12.9. The van der Waals surface area contributed by atoms with Crippen LogP contribution in [0.15, 0.2) is 24.3 Å². The van der Waals surface area contributed by atoms with Crippen molar-refractivity contribution in [2.45, 2.75) is 31.7 Å². The van der Waals surface area contributed by atoms with Crippen LogP contribution in [0.2, 0.25) is 0 Å². The molecular formula is C18H25ClN2O2. The molecule has 5 heteroatoms. The predicted octanol–water partition coefficient (Wildman–Crippen LogP) is 2.25. The number of hydrogen-bond acceptors (Lipinski definition) is 3. The number of carbonyl (C=O) groups is 1. The molecule has 4 rings (SSSR count). The largest absolute Gasteiger partial charge is 0.492 e. The fraction of sp³-hybridized carbons (Fsp3) is 0.611. The molecule has 0 radical (unpaired) electrons. The van der Waals surface area contributed by atoms with Crippen LogP contribution in [-0.2, 0) is 11.2 Å². The molecular weight excluding hydrogens is 312 g/mol. The molecule has 126 valence electrons. The van der Waals surface area contributed by atoms with Crippen LogP contribution in [0.5, 0.6) is 5.75 Å². The van der Waals surface area contributed by atoms with Crippen molar-refractivity contribution in [2.24, 2.45) is 23.5 Å². The number of nitrogens with two attached hydrogens (primary N) is 1. The van der Waals surface area contributed by atoms with E-state index < -0.39 is 0 Å². The van der Waals surface area contributed by atoms with E-state index in [0.29, 0.717) is 18.4 Å². The topological polar surface area (TPSA) is 55.6 Å². The average Bonchev–Trinajstić information content (AvgIpc) is 2.99. The van der Waals surface area contributed by atoms with E-state index in [1.165, 1.54) is 12.8 Å². The first-order chi connectivity index (χ1) is 10.7. The van der Waals surface area contributed by atoms with E-state index in [0.717, 1.165) is 37.2 Å². The van der Waals surface area contributed by atoms with Gasteiger partial charge in [-0.3, -0.25) is 4.79 Å². The molecule has 4 unspecified atom stereocenters. The summed E-state index contributed by atoms with van der Waals surface area (Å²) >= 11 is 0. The maximum Gasteiger partial charge on any atom is 0.229 e. The first-order valence-electron chi connectivity index (χ1n) is 8.47. The quantitative estimate of drug-likeness (QED) is 0.855. The molecule has 2 N–H and O–H groups in total. The molecule has 1 aromatic rings. The number of nitrogens with zero attached hydrogens (tertiary/aromatic N) is 1. The van der Waals surface area contributed by atoms with Crippen molar-refractivity contribution in [2.75, 3.05) is 19.7 Å². The van der Waals surface area contributed by atoms with Crippen molar-refractivity contribution in [3.05, 3.63) is 29.8 Å². The lowest BCUT2D eigenvalue weighted by Crippen LogP contribution is -2.41. The Hall–Kier alpha value is -1.26. The van der Waals surface area contributed by atoms with Crippen LogP contribution in [0.25, 0.3) is 0 Å². The third-order valence-electron chi connectivity index (χ3n) is 5.69. The summed E-state index contributed by atoms with van der Waals surface area (Å²) in [5.74, 6) is 2.28. The molecule has 0 aromatic heterocycles. The van der Waals surface area contributed by atoms with Crippen LogP contribution in [0.4, 0.5) is 0 Å². The Morgan fingerprint density at radius 3 is 2.87 bits per heavy atom. The normalized spacial score (nSPS) is 32.3. The SMILES string of the molecule is Cl.NC1CCCC2CN(C(=O)C3COc4ccccc4C3)CC12. The highest BCUT2D eigenvalue weighted by Crippen LogP contribution is 2.37. The van der Waals surface area contributed by atoms with Gasteiger partial charge in [-0.2, -0.15) is 0 Å². The molecule has 1 saturated heterocycles. The average molecular weight is 337 g/mol. The fourth-order valence-corrected chi connectivity index (χ4v) is 4.44. The lowest BCUT2D eigenvalue weighted by molar-refractivity contribution is -0.136. The van der Waals surface area contributed by atoms with E-state index in [1.807, 2.05) is 18.2 Å². The van der Waals surface area contributed by atoms with Crippen LogP contribution in [0, 0.1) is 17.8 Å². The van der Waals surface area contributed by atoms with Crippen molar-refractivity contribution in [1.82, 2.24) is 4.90 Å². The summed E-state index contributed by atoms with van der Waals surface area (Å²) in [6.07, 6.45) is 4.35. The molecule has 4 nitrogen and oxygen atoms in total. The molecule has 23 heavy (non-hydrogen) atoms. The molecule has 2 aliphatic heterocycles. The van der Waals surface area contributed by atoms with Crippen molar-refractivity contribution in [3.8, 4) is 5.75 Å². The number of halogens is 1. The molecule has 3 aliphatic rings. The van der Waals surface area contributed by atoms with Gasteiger partial charge in [0.15, 0.2) is 0 Å². The second-order valence-electron chi connectivity index (χ2n) is 7.08. The Balaban J connectivity index is 0.00000156. The third kappa shape index (κ3) is 3.07. The molecule has 1 amide bonds. The second-order valence-corrected chi connectivity index (χ2v) is 7.08. The van der Waals surface area contributed by atoms with E-state index in [4.69, 9.17) is 10.5 Å². The minimum Gasteiger partial charge on any atom is -0.492 e. The van der Waals surface area contributed by atoms with Gasteiger partial charge in [0.2, 0.25) is 5.91 Å². The van der Waals surface area contributed by atoms with Gasteiger partial charge in [0.25, 0.3) is 0 Å². The zero-order valence-electron chi connectivity index (χ0n) is 13.3. The lowest BCUT2D eigenvalue weighted by Gasteiger charge is -2.29. The Kier molecular flexibility index (Phi) is 4.83. The summed E-state index contributed by atoms with van der Waals surface area (Å²) in [7, 11) is 0. The van der Waals surface area contributed by atoms with Crippen LogP contribution in [0.1, 0.15) is 24.8 Å². The molecule has 4 atom stereocenters. The highest BCUT2D eigenvalue weighted by molar-refractivity contribution is 5.85. The predicted molar refractivity (Wildman–Crippen MR) is 91.8 cm³/mol. The summed E-state index contributed by atoms with van der Waals surface area (Å²) in [6, 6.07) is 8.32. The highest BCUT2D eigenvalue weighted by atomic mass is 35.5. The van der Waals surface area contributed by atoms with Crippen LogP contribution in [0.3, 0.4) is 0 Å². The number of rotatable bonds is 1. The van der Waals surface area contributed by atoms with Crippen molar-refractivity contribution < 1.29 is 9.53 Å². The molecule has 2 heterocycles. The minimum absolute atomic E-state index is 0. The molecule has 0 spiro atoms. The molecule has 0 bridgehead atoms. The van der Waals surface area contributed by atoms with Gasteiger partial charge in [0, 0.05) is 19.1 Å². The number of likely N-dealkylation sites (tertiary alicyclic amines) is 1. The fourth-order valence-electron chi connectivity index (χ4n) is 4.44. The first-order valence-corrected chi connectivity index (χ1v) is 8.47. The molecule has 2 fully saturated rings. The van der Waals surface area contributed by atoms with E-state index in [-0.39, 0.29) is 30.3 Å². The van der Waals surface area contributed by atoms with Gasteiger partial charge < -0.3 is 15.4 Å². The van der Waals surface area contributed by atoms with Crippen LogP contribution < -0.4 is 10.5 Å². The Morgan fingerprint density at radius 1 is 1.22 bits per heavy atom. The smallest absolute Gasteiger partial charge is 0.229 e. The van der Waals surface area contributed by atoms with Gasteiger partial charge in [0.1, 0.15) is 12.4 Å². The van der Waals surface area contributed by atoms with Gasteiger partial charge in [-0.1, -0.05) is 24.6 Å². The highest BCUT2D eigenvalue weighted by Gasteiger charge is 2.42. The van der Waals surface area contributed by atoms with Gasteiger partial charge in [0.05, 0.1) is 5.92 Å². The Morgan fingerprint density at radius 2 is 2.04 bits per heavy atom. The van der Waals surface area contributed by atoms with Gasteiger partial charge in [-0.15, -0.1) is 12.4 Å². The maximum atomic E-state index is 12.9. The van der Waals surface area contributed by atoms with Crippen molar-refractivity contribution in [1.29, 1.82) is 0 Å². The number of carbonyl (C=O) groups excluding carboxylic acids is 1. The summed E-state index contributed by atoms with van der Waals surface area (Å²) in [5, 5.41) is 0. The Bertz CT molecular complexity index is 580. The number of benzene rings is 1. The van der Waals surface area contributed by atoms with Crippen LogP contribution in [-0.4, -0.2) is 36.5 Å². The second kappa shape index (κ2) is 6.70. The molecule has 1 saturated carbocycles. The van der Waals surface area contributed by atoms with Crippen LogP contribution >= 0.6 is 12.4 Å². The summed E-state index contributed by atoms with van der Waals surface area (Å²) in [4.78, 5) is 14.9. The third-order valence-corrected chi connectivity index (χ3v) is 5.69. The van der Waals surface area contributed by atoms with Gasteiger partial charge in [-0.05, 0) is 42.7 Å². The van der Waals surface area contributed by atoms with Gasteiger partial charge >= 0.3 is 0 Å². The van der Waals surface area contributed by atoms with E-state index in [2.05, 4.69) is 11.0 Å². The zero-order chi connectivity index (χ0) is 15.1. The minimum atomic E-state index is -0.0359. The number of para-hydroxylation sites is 1. The van der Waals surface area contributed by atoms with Crippen molar-refractivity contribution in [3.63, 3.8) is 0 Å². The monoisotopic (exact) mass is 336 g/mol. The number of amides is 1. The summed E-state index contributed by atoms with van der Waals surface area (Å²) in [6.45, 7) is 2.26. The summed E-state index contributed by atoms with van der Waals surface area (Å²) < 4.78 is 5.78. The van der Waals surface area contributed by atoms with E-state index >= 15 is 0 Å². The number of fused-ring (bicyclic) bond motifs is 2. The van der Waals surface area contributed by atoms with Crippen molar-refractivity contribution >= 4 is 18.3 Å². The number of hydrogen-bond donors (Lipinski definition) is 1. The zero-order valence-corrected chi connectivity index (χ0v) is 14.1. The van der Waals surface area contributed by atoms with Gasteiger partial charge in [-0.25, -0.2) is 0 Å². The Labute approximate surface area is 143 Å². The van der Waals surface area contributed by atoms with E-state index in [9.17, 15) is 4.79 Å². The van der Waals surface area contributed by atoms with E-state index in [1.54, 1.807) is 0 Å². The molecule has 1 aliphatic carbocycles. The standard InChI is InChI=1S/C18H24N2O2.ClH/c19-16-6-3-5-13-9-20(10-15(13)16)18(21)14-8-12-4-1-2-7-17(12)22-11-14;/h1-2,4,7,13-16H,3,5-6,8-11,19H2;1H. The molecule has 1 aromatic carbocycles. The summed E-state index contributed by atoms with van der Waals surface area (Å²) in [5.41, 5.74) is 7.41. The lowest BCUT2D eigenvalue weighted by atomic mass is 9.78. The number of ether oxygens (including phenoxy) is 1. The first kappa shape index (κ1) is 16.6.